The molecule has 198 valence electrons. The first kappa shape index (κ1) is 25.3. The van der Waals surface area contributed by atoms with E-state index >= 15 is 0 Å². The van der Waals surface area contributed by atoms with Crippen LogP contribution in [-0.2, 0) is 36.1 Å². The summed E-state index contributed by atoms with van der Waals surface area (Å²) < 4.78 is 2.01. The van der Waals surface area contributed by atoms with Gasteiger partial charge in [-0.15, -0.1) is 0 Å². The molecule has 2 N–H and O–H groups in total. The van der Waals surface area contributed by atoms with Crippen LogP contribution in [0, 0.1) is 0 Å². The van der Waals surface area contributed by atoms with Crippen molar-refractivity contribution in [3.05, 3.63) is 88.2 Å². The van der Waals surface area contributed by atoms with Gasteiger partial charge in [-0.2, -0.15) is 0 Å². The SMILES string of the molecule is Cn1cnc2c(-c3ccc4c(c3)CN(C3CCC(=O)NC3=O)C4=O)cc(CNCCc3ccccc3Cl)cc21. The van der Waals surface area contributed by atoms with Crippen LogP contribution in [0.4, 0.5) is 0 Å². The lowest BCUT2D eigenvalue weighted by atomic mass is 9.97. The van der Waals surface area contributed by atoms with Crippen LogP contribution in [0.5, 0.6) is 0 Å². The first-order valence-electron chi connectivity index (χ1n) is 13.0. The second kappa shape index (κ2) is 10.3. The summed E-state index contributed by atoms with van der Waals surface area (Å²) in [5, 5.41) is 6.67. The Bertz CT molecular complexity index is 1630. The number of imide groups is 1. The van der Waals surface area contributed by atoms with E-state index in [0.29, 0.717) is 25.1 Å². The molecule has 9 heteroatoms. The molecule has 1 fully saturated rings. The third kappa shape index (κ3) is 4.82. The van der Waals surface area contributed by atoms with Gasteiger partial charge >= 0.3 is 0 Å². The maximum absolute atomic E-state index is 13.1. The van der Waals surface area contributed by atoms with Crippen LogP contribution in [0.25, 0.3) is 22.2 Å². The number of aryl methyl sites for hydroxylation is 1. The Labute approximate surface area is 231 Å². The minimum Gasteiger partial charge on any atom is -0.334 e. The Balaban J connectivity index is 1.24. The highest BCUT2D eigenvalue weighted by molar-refractivity contribution is 6.31. The number of amides is 3. The molecule has 0 aliphatic carbocycles. The van der Waals surface area contributed by atoms with Crippen LogP contribution in [-0.4, -0.2) is 44.8 Å². The van der Waals surface area contributed by atoms with Crippen molar-refractivity contribution in [2.24, 2.45) is 7.05 Å². The summed E-state index contributed by atoms with van der Waals surface area (Å²) in [6, 6.07) is 17.4. The lowest BCUT2D eigenvalue weighted by Gasteiger charge is -2.29. The predicted octanol–water partition coefficient (Wildman–Crippen LogP) is 3.99. The summed E-state index contributed by atoms with van der Waals surface area (Å²) in [4.78, 5) is 43.4. The molecule has 2 aliphatic heterocycles. The van der Waals surface area contributed by atoms with Gasteiger partial charge in [-0.3, -0.25) is 19.7 Å². The molecule has 39 heavy (non-hydrogen) atoms. The summed E-state index contributed by atoms with van der Waals surface area (Å²) in [7, 11) is 1.98. The average molecular weight is 542 g/mol. The number of aromatic nitrogens is 2. The van der Waals surface area contributed by atoms with E-state index in [1.807, 2.05) is 60.4 Å². The topological polar surface area (TPSA) is 96.3 Å². The van der Waals surface area contributed by atoms with Gasteiger partial charge in [-0.05, 0) is 72.0 Å². The molecule has 0 radical (unpaired) electrons. The van der Waals surface area contributed by atoms with Crippen LogP contribution in [0.2, 0.25) is 5.02 Å². The minimum absolute atomic E-state index is 0.175. The van der Waals surface area contributed by atoms with Crippen LogP contribution in [0.3, 0.4) is 0 Å². The molecule has 1 atom stereocenters. The van der Waals surface area contributed by atoms with Gasteiger partial charge < -0.3 is 14.8 Å². The number of nitrogens with zero attached hydrogens (tertiary/aromatic N) is 3. The standard InChI is InChI=1S/C30H28ClN5O3/c1-35-17-33-28-23(12-18(13-26(28)35)15-32-11-10-19-4-2-3-5-24(19)31)20-6-7-22-21(14-20)16-36(30(22)39)25-8-9-27(37)34-29(25)38/h2-7,12-14,17,25,32H,8-11,15-16H2,1H3,(H,34,37,38). The van der Waals surface area contributed by atoms with E-state index in [1.165, 1.54) is 0 Å². The molecule has 1 saturated heterocycles. The van der Waals surface area contributed by atoms with Gasteiger partial charge in [-0.1, -0.05) is 35.9 Å². The summed E-state index contributed by atoms with van der Waals surface area (Å²) in [6.45, 7) is 1.81. The van der Waals surface area contributed by atoms with E-state index < -0.39 is 11.9 Å². The molecular formula is C30H28ClN5O3. The molecule has 6 rings (SSSR count). The van der Waals surface area contributed by atoms with Crippen LogP contribution >= 0.6 is 11.6 Å². The lowest BCUT2D eigenvalue weighted by molar-refractivity contribution is -0.136. The Morgan fingerprint density at radius 2 is 1.92 bits per heavy atom. The number of piperidine rings is 1. The fourth-order valence-corrected chi connectivity index (χ4v) is 5.74. The van der Waals surface area contributed by atoms with E-state index in [2.05, 4.69) is 27.8 Å². The minimum atomic E-state index is -0.631. The number of hydrogen-bond donors (Lipinski definition) is 2. The number of imidazole rings is 1. The Morgan fingerprint density at radius 3 is 2.74 bits per heavy atom. The van der Waals surface area contributed by atoms with Crippen molar-refractivity contribution < 1.29 is 14.4 Å². The van der Waals surface area contributed by atoms with Crippen molar-refractivity contribution in [2.45, 2.75) is 38.4 Å². The maximum Gasteiger partial charge on any atom is 0.255 e. The first-order chi connectivity index (χ1) is 18.9. The molecule has 0 bridgehead atoms. The average Bonchev–Trinajstić information content (AvgIpc) is 3.46. The summed E-state index contributed by atoms with van der Waals surface area (Å²) in [6.07, 6.45) is 3.23. The molecule has 1 aromatic heterocycles. The number of benzene rings is 3. The van der Waals surface area contributed by atoms with Crippen LogP contribution in [0.1, 0.15) is 39.9 Å². The molecule has 2 aliphatic rings. The molecule has 1 unspecified atom stereocenters. The van der Waals surface area contributed by atoms with Gasteiger partial charge in [0.1, 0.15) is 6.04 Å². The number of halogens is 1. The van der Waals surface area contributed by atoms with Crippen LogP contribution in [0.15, 0.2) is 60.9 Å². The molecule has 0 spiro atoms. The number of rotatable bonds is 7. The summed E-state index contributed by atoms with van der Waals surface area (Å²) in [5.41, 5.74) is 7.59. The van der Waals surface area contributed by atoms with Gasteiger partial charge in [0.05, 0.1) is 17.4 Å². The van der Waals surface area contributed by atoms with Gasteiger partial charge in [0.2, 0.25) is 11.8 Å². The van der Waals surface area contributed by atoms with E-state index in [0.717, 1.165) is 56.8 Å². The molecular weight excluding hydrogens is 514 g/mol. The largest absolute Gasteiger partial charge is 0.334 e. The monoisotopic (exact) mass is 541 g/mol. The molecule has 0 saturated carbocycles. The molecule has 4 aromatic rings. The highest BCUT2D eigenvalue weighted by atomic mass is 35.5. The fourth-order valence-electron chi connectivity index (χ4n) is 5.51. The van der Waals surface area contributed by atoms with Crippen molar-refractivity contribution >= 4 is 40.4 Å². The van der Waals surface area contributed by atoms with E-state index in [-0.39, 0.29) is 18.2 Å². The molecule has 8 nitrogen and oxygen atoms in total. The molecule has 3 amide bonds. The van der Waals surface area contributed by atoms with Gasteiger partial charge in [0.15, 0.2) is 0 Å². The molecule has 3 heterocycles. The number of fused-ring (bicyclic) bond motifs is 2. The zero-order valence-corrected chi connectivity index (χ0v) is 22.3. The van der Waals surface area contributed by atoms with Gasteiger partial charge in [0.25, 0.3) is 5.91 Å². The van der Waals surface area contributed by atoms with E-state index in [4.69, 9.17) is 11.6 Å². The third-order valence-electron chi connectivity index (χ3n) is 7.58. The van der Waals surface area contributed by atoms with E-state index in [9.17, 15) is 14.4 Å². The number of hydrogen-bond acceptors (Lipinski definition) is 5. The Morgan fingerprint density at radius 1 is 1.08 bits per heavy atom. The fraction of sp³-hybridized carbons (Fsp3) is 0.267. The smallest absolute Gasteiger partial charge is 0.255 e. The zero-order chi connectivity index (χ0) is 27.1. The number of carbonyl (C=O) groups is 3. The lowest BCUT2D eigenvalue weighted by Crippen LogP contribution is -2.52. The maximum atomic E-state index is 13.1. The zero-order valence-electron chi connectivity index (χ0n) is 21.5. The Hall–Kier alpha value is -4.01. The van der Waals surface area contributed by atoms with Gasteiger partial charge in [-0.25, -0.2) is 4.98 Å². The highest BCUT2D eigenvalue weighted by Gasteiger charge is 2.39. The van der Waals surface area contributed by atoms with Crippen molar-refractivity contribution in [2.75, 3.05) is 6.54 Å². The predicted molar refractivity (Wildman–Crippen MR) is 149 cm³/mol. The highest BCUT2D eigenvalue weighted by Crippen LogP contribution is 2.34. The summed E-state index contributed by atoms with van der Waals surface area (Å²) in [5.74, 6) is -0.872. The quantitative estimate of drug-likeness (QED) is 0.272. The molecule has 3 aromatic carbocycles. The van der Waals surface area contributed by atoms with Crippen molar-refractivity contribution in [1.82, 2.24) is 25.1 Å². The van der Waals surface area contributed by atoms with Gasteiger partial charge in [0, 0.05) is 42.7 Å². The third-order valence-corrected chi connectivity index (χ3v) is 7.95. The van der Waals surface area contributed by atoms with Crippen molar-refractivity contribution in [1.29, 1.82) is 0 Å². The second-order valence-electron chi connectivity index (χ2n) is 10.2. The van der Waals surface area contributed by atoms with Crippen LogP contribution < -0.4 is 10.6 Å². The summed E-state index contributed by atoms with van der Waals surface area (Å²) >= 11 is 6.30. The van der Waals surface area contributed by atoms with Crippen molar-refractivity contribution in [3.8, 4) is 11.1 Å². The second-order valence-corrected chi connectivity index (χ2v) is 10.6. The number of carbonyl (C=O) groups excluding carboxylic acids is 3. The normalized spacial score (nSPS) is 17.1. The first-order valence-corrected chi connectivity index (χ1v) is 13.4. The van der Waals surface area contributed by atoms with E-state index in [1.54, 1.807) is 4.90 Å². The Kier molecular flexibility index (Phi) is 6.66. The van der Waals surface area contributed by atoms with Crippen molar-refractivity contribution in [3.63, 3.8) is 0 Å². The number of nitrogens with one attached hydrogen (secondary N) is 2.